The van der Waals surface area contributed by atoms with Crippen LogP contribution in [0.4, 0.5) is 0 Å². The smallest absolute Gasteiger partial charge is 0.00948 e. The fourth-order valence-electron chi connectivity index (χ4n) is 1.95. The van der Waals surface area contributed by atoms with Crippen LogP contribution in [0.25, 0.3) is 0 Å². The lowest BCUT2D eigenvalue weighted by molar-refractivity contribution is 0.408. The second-order valence-electron chi connectivity index (χ2n) is 4.02. The van der Waals surface area contributed by atoms with E-state index in [0.717, 1.165) is 0 Å². The molecular formula is C11H14. The minimum absolute atomic E-state index is 0.410. The number of hydrogen-bond acceptors (Lipinski definition) is 0. The molecule has 0 radical (unpaired) electrons. The summed E-state index contributed by atoms with van der Waals surface area (Å²) in [6.45, 7) is 4.66. The number of allylic oxidation sites excluding steroid dienone is 6. The van der Waals surface area contributed by atoms with Gasteiger partial charge in [0.25, 0.3) is 0 Å². The SMILES string of the molecule is CC1(C)CCC=C2C=CC=C21. The monoisotopic (exact) mass is 146 g/mol. The Morgan fingerprint density at radius 3 is 2.91 bits per heavy atom. The van der Waals surface area contributed by atoms with Crippen molar-refractivity contribution >= 4 is 0 Å². The van der Waals surface area contributed by atoms with E-state index in [-0.39, 0.29) is 0 Å². The predicted molar refractivity (Wildman–Crippen MR) is 48.3 cm³/mol. The van der Waals surface area contributed by atoms with Crippen molar-refractivity contribution in [1.29, 1.82) is 0 Å². The van der Waals surface area contributed by atoms with E-state index in [2.05, 4.69) is 38.2 Å². The van der Waals surface area contributed by atoms with Crippen LogP contribution < -0.4 is 0 Å². The molecule has 0 unspecified atom stereocenters. The molecule has 0 aromatic heterocycles. The molecule has 0 spiro atoms. The largest absolute Gasteiger partial charge is 0.0769 e. The molecule has 0 aromatic carbocycles. The van der Waals surface area contributed by atoms with Crippen LogP contribution in [0.1, 0.15) is 26.7 Å². The normalized spacial score (nSPS) is 26.0. The van der Waals surface area contributed by atoms with Gasteiger partial charge in [-0.1, -0.05) is 38.2 Å². The molecule has 0 fully saturated rings. The summed E-state index contributed by atoms with van der Waals surface area (Å²) in [7, 11) is 0. The van der Waals surface area contributed by atoms with E-state index >= 15 is 0 Å². The molecule has 2 rings (SSSR count). The molecule has 0 aromatic rings. The average Bonchev–Trinajstić information content (AvgIpc) is 2.34. The van der Waals surface area contributed by atoms with Crippen molar-refractivity contribution in [1.82, 2.24) is 0 Å². The predicted octanol–water partition coefficient (Wildman–Crippen LogP) is 3.23. The summed E-state index contributed by atoms with van der Waals surface area (Å²) in [4.78, 5) is 0. The number of rotatable bonds is 0. The molecule has 0 saturated carbocycles. The van der Waals surface area contributed by atoms with E-state index in [9.17, 15) is 0 Å². The molecule has 0 aliphatic heterocycles. The van der Waals surface area contributed by atoms with Crippen LogP contribution in [0.3, 0.4) is 0 Å². The van der Waals surface area contributed by atoms with Crippen molar-refractivity contribution in [3.63, 3.8) is 0 Å². The van der Waals surface area contributed by atoms with Crippen molar-refractivity contribution < 1.29 is 0 Å². The highest BCUT2D eigenvalue weighted by molar-refractivity contribution is 5.52. The van der Waals surface area contributed by atoms with Crippen molar-refractivity contribution in [2.75, 3.05) is 0 Å². The summed E-state index contributed by atoms with van der Waals surface area (Å²) in [6, 6.07) is 0. The van der Waals surface area contributed by atoms with E-state index in [0.29, 0.717) is 5.41 Å². The molecule has 0 heterocycles. The molecule has 0 N–H and O–H groups in total. The molecule has 0 atom stereocenters. The van der Waals surface area contributed by atoms with Crippen molar-refractivity contribution in [3.8, 4) is 0 Å². The molecule has 58 valence electrons. The van der Waals surface area contributed by atoms with Crippen LogP contribution in [0.15, 0.2) is 35.5 Å². The Balaban J connectivity index is 2.44. The zero-order chi connectivity index (χ0) is 7.90. The van der Waals surface area contributed by atoms with Crippen LogP contribution >= 0.6 is 0 Å². The zero-order valence-electron chi connectivity index (χ0n) is 7.22. The molecule has 11 heavy (non-hydrogen) atoms. The van der Waals surface area contributed by atoms with Crippen LogP contribution in [0.5, 0.6) is 0 Å². The van der Waals surface area contributed by atoms with Gasteiger partial charge in [-0.2, -0.15) is 0 Å². The van der Waals surface area contributed by atoms with Crippen LogP contribution in [-0.2, 0) is 0 Å². The summed E-state index contributed by atoms with van der Waals surface area (Å²) in [5.74, 6) is 0. The lowest BCUT2D eigenvalue weighted by atomic mass is 9.74. The lowest BCUT2D eigenvalue weighted by Crippen LogP contribution is -2.17. The topological polar surface area (TPSA) is 0 Å². The van der Waals surface area contributed by atoms with Gasteiger partial charge < -0.3 is 0 Å². The third-order valence-electron chi connectivity index (χ3n) is 2.71. The first kappa shape index (κ1) is 6.90. The fourth-order valence-corrected chi connectivity index (χ4v) is 1.95. The quantitative estimate of drug-likeness (QED) is 0.492. The average molecular weight is 146 g/mol. The summed E-state index contributed by atoms with van der Waals surface area (Å²) >= 11 is 0. The van der Waals surface area contributed by atoms with Crippen LogP contribution in [-0.4, -0.2) is 0 Å². The Bertz CT molecular complexity index is 262. The molecule has 2 aliphatic rings. The van der Waals surface area contributed by atoms with Gasteiger partial charge in [0.05, 0.1) is 0 Å². The van der Waals surface area contributed by atoms with Gasteiger partial charge in [0.2, 0.25) is 0 Å². The molecule has 2 aliphatic carbocycles. The first-order valence-electron chi connectivity index (χ1n) is 4.29. The van der Waals surface area contributed by atoms with Crippen molar-refractivity contribution in [2.24, 2.45) is 5.41 Å². The van der Waals surface area contributed by atoms with E-state index in [4.69, 9.17) is 0 Å². The Labute approximate surface area is 68.3 Å². The zero-order valence-corrected chi connectivity index (χ0v) is 7.22. The second kappa shape index (κ2) is 2.10. The van der Waals surface area contributed by atoms with E-state index in [1.54, 1.807) is 0 Å². The number of hydrogen-bond donors (Lipinski definition) is 0. The third kappa shape index (κ3) is 0.973. The van der Waals surface area contributed by atoms with Crippen molar-refractivity contribution in [3.05, 3.63) is 35.5 Å². The maximum Gasteiger partial charge on any atom is -0.00948 e. The highest BCUT2D eigenvalue weighted by atomic mass is 14.3. The van der Waals surface area contributed by atoms with Gasteiger partial charge in [-0.15, -0.1) is 0 Å². The molecule has 0 amide bonds. The Morgan fingerprint density at radius 1 is 1.36 bits per heavy atom. The van der Waals surface area contributed by atoms with Crippen molar-refractivity contribution in [2.45, 2.75) is 26.7 Å². The van der Waals surface area contributed by atoms with Gasteiger partial charge in [-0.3, -0.25) is 0 Å². The maximum atomic E-state index is 2.35. The summed E-state index contributed by atoms with van der Waals surface area (Å²) in [5, 5.41) is 0. The second-order valence-corrected chi connectivity index (χ2v) is 4.02. The lowest BCUT2D eigenvalue weighted by Gasteiger charge is -2.30. The Morgan fingerprint density at radius 2 is 2.18 bits per heavy atom. The molecule has 0 heteroatoms. The molecule has 0 nitrogen and oxygen atoms in total. The first-order valence-corrected chi connectivity index (χ1v) is 4.29. The fraction of sp³-hybridized carbons (Fsp3) is 0.455. The van der Waals surface area contributed by atoms with E-state index < -0.39 is 0 Å². The maximum absolute atomic E-state index is 2.35. The minimum Gasteiger partial charge on any atom is -0.0769 e. The Kier molecular flexibility index (Phi) is 1.32. The van der Waals surface area contributed by atoms with Crippen LogP contribution in [0.2, 0.25) is 0 Å². The van der Waals surface area contributed by atoms with E-state index in [1.165, 1.54) is 24.0 Å². The molecular weight excluding hydrogens is 132 g/mol. The summed E-state index contributed by atoms with van der Waals surface area (Å²) < 4.78 is 0. The van der Waals surface area contributed by atoms with Gasteiger partial charge in [-0.25, -0.2) is 0 Å². The van der Waals surface area contributed by atoms with Gasteiger partial charge in [-0.05, 0) is 29.4 Å². The molecule has 0 saturated heterocycles. The highest BCUT2D eigenvalue weighted by Gasteiger charge is 2.28. The van der Waals surface area contributed by atoms with Gasteiger partial charge >= 0.3 is 0 Å². The van der Waals surface area contributed by atoms with Crippen LogP contribution in [0, 0.1) is 5.41 Å². The molecule has 0 bridgehead atoms. The van der Waals surface area contributed by atoms with Gasteiger partial charge in [0, 0.05) is 0 Å². The number of fused-ring (bicyclic) bond motifs is 1. The standard InChI is InChI=1S/C11H14/c1-11(2)8-4-6-9-5-3-7-10(9)11/h3,5-7H,4,8H2,1-2H3. The first-order chi connectivity index (χ1) is 5.20. The minimum atomic E-state index is 0.410. The Hall–Kier alpha value is -0.780. The third-order valence-corrected chi connectivity index (χ3v) is 2.71. The van der Waals surface area contributed by atoms with Gasteiger partial charge in [0.1, 0.15) is 0 Å². The summed E-state index contributed by atoms with van der Waals surface area (Å²) in [5.41, 5.74) is 3.40. The van der Waals surface area contributed by atoms with E-state index in [1.807, 2.05) is 0 Å². The van der Waals surface area contributed by atoms with Gasteiger partial charge in [0.15, 0.2) is 0 Å². The highest BCUT2D eigenvalue weighted by Crippen LogP contribution is 2.42. The summed E-state index contributed by atoms with van der Waals surface area (Å²) in [6.07, 6.45) is 11.5.